The van der Waals surface area contributed by atoms with E-state index in [0.29, 0.717) is 33.2 Å². The molecule has 0 amide bonds. The molecule has 2 rings (SSSR count). The van der Waals surface area contributed by atoms with Crippen molar-refractivity contribution in [3.8, 4) is 11.5 Å². The topological polar surface area (TPSA) is 42.5 Å². The van der Waals surface area contributed by atoms with E-state index in [4.69, 9.17) is 44.9 Å². The van der Waals surface area contributed by atoms with Gasteiger partial charge in [0.25, 0.3) is 0 Å². The highest BCUT2D eigenvalue weighted by atomic mass is 35.5. The first-order valence-corrected chi connectivity index (χ1v) is 7.90. The number of ether oxygens (including phenoxy) is 2. The maximum Gasteiger partial charge on any atom is 0.171 e. The van der Waals surface area contributed by atoms with Crippen molar-refractivity contribution in [2.45, 2.75) is 6.54 Å². The summed E-state index contributed by atoms with van der Waals surface area (Å²) in [4.78, 5) is 0. The molecule has 23 heavy (non-hydrogen) atoms. The molecule has 0 aliphatic heterocycles. The second kappa shape index (κ2) is 8.24. The predicted octanol–water partition coefficient (Wildman–Crippen LogP) is 4.50. The Hall–Kier alpha value is -1.69. The maximum absolute atomic E-state index is 5.99. The first-order valence-electron chi connectivity index (χ1n) is 6.74. The summed E-state index contributed by atoms with van der Waals surface area (Å²) in [5, 5.41) is 7.71. The van der Waals surface area contributed by atoms with Crippen LogP contribution in [0.15, 0.2) is 36.4 Å². The average Bonchev–Trinajstić information content (AvgIpc) is 2.56. The van der Waals surface area contributed by atoms with E-state index in [2.05, 4.69) is 10.6 Å². The van der Waals surface area contributed by atoms with Crippen LogP contribution in [0.2, 0.25) is 10.0 Å². The highest BCUT2D eigenvalue weighted by molar-refractivity contribution is 7.80. The first kappa shape index (κ1) is 17.7. The molecule has 2 aromatic carbocycles. The molecule has 0 fully saturated rings. The van der Waals surface area contributed by atoms with Gasteiger partial charge in [-0.15, -0.1) is 0 Å². The zero-order valence-electron chi connectivity index (χ0n) is 12.7. The summed E-state index contributed by atoms with van der Waals surface area (Å²) in [5.74, 6) is 1.35. The van der Waals surface area contributed by atoms with Crippen LogP contribution < -0.4 is 20.1 Å². The summed E-state index contributed by atoms with van der Waals surface area (Å²) in [6.45, 7) is 0.529. The van der Waals surface area contributed by atoms with Gasteiger partial charge in [-0.2, -0.15) is 0 Å². The van der Waals surface area contributed by atoms with Crippen LogP contribution in [-0.4, -0.2) is 19.3 Å². The van der Waals surface area contributed by atoms with E-state index in [9.17, 15) is 0 Å². The van der Waals surface area contributed by atoms with Gasteiger partial charge in [0.05, 0.1) is 30.0 Å². The van der Waals surface area contributed by atoms with Crippen molar-refractivity contribution in [1.29, 1.82) is 0 Å². The van der Waals surface area contributed by atoms with Crippen molar-refractivity contribution in [3.63, 3.8) is 0 Å². The van der Waals surface area contributed by atoms with E-state index in [1.165, 1.54) is 0 Å². The van der Waals surface area contributed by atoms with Crippen LogP contribution in [0.5, 0.6) is 11.5 Å². The molecule has 0 atom stereocenters. The molecule has 7 heteroatoms. The van der Waals surface area contributed by atoms with Gasteiger partial charge in [-0.05, 0) is 42.0 Å². The number of benzene rings is 2. The second-order valence-electron chi connectivity index (χ2n) is 4.62. The van der Waals surface area contributed by atoms with E-state index >= 15 is 0 Å². The normalized spacial score (nSPS) is 10.1. The van der Waals surface area contributed by atoms with Gasteiger partial charge >= 0.3 is 0 Å². The molecule has 0 aliphatic carbocycles. The summed E-state index contributed by atoms with van der Waals surface area (Å²) in [6.07, 6.45) is 0. The summed E-state index contributed by atoms with van der Waals surface area (Å²) < 4.78 is 10.5. The lowest BCUT2D eigenvalue weighted by Gasteiger charge is -2.14. The highest BCUT2D eigenvalue weighted by Gasteiger charge is 2.07. The first-order chi connectivity index (χ1) is 11.0. The Bertz CT molecular complexity index is 710. The molecule has 0 heterocycles. The maximum atomic E-state index is 5.99. The largest absolute Gasteiger partial charge is 0.497 e. The number of methoxy groups -OCH3 is 2. The van der Waals surface area contributed by atoms with Crippen LogP contribution in [0, 0.1) is 0 Å². The summed E-state index contributed by atoms with van der Waals surface area (Å²) in [7, 11) is 3.19. The van der Waals surface area contributed by atoms with E-state index in [1.807, 2.05) is 18.2 Å². The van der Waals surface area contributed by atoms with Gasteiger partial charge in [0.1, 0.15) is 11.5 Å². The van der Waals surface area contributed by atoms with Gasteiger partial charge in [0.15, 0.2) is 5.11 Å². The Morgan fingerprint density at radius 3 is 2.48 bits per heavy atom. The number of thiocarbonyl (C=S) groups is 1. The number of hydrogen-bond donors (Lipinski definition) is 2. The van der Waals surface area contributed by atoms with Crippen molar-refractivity contribution >= 4 is 46.2 Å². The number of nitrogens with one attached hydrogen (secondary N) is 2. The SMILES string of the molecule is COc1ccc(NC(=S)NCc2ccc(Cl)c(Cl)c2)c(OC)c1. The van der Waals surface area contributed by atoms with Gasteiger partial charge in [-0.25, -0.2) is 0 Å². The average molecular weight is 371 g/mol. The van der Waals surface area contributed by atoms with Crippen LogP contribution in [0.25, 0.3) is 0 Å². The fourth-order valence-electron chi connectivity index (χ4n) is 1.90. The van der Waals surface area contributed by atoms with Crippen molar-refractivity contribution in [2.75, 3.05) is 19.5 Å². The van der Waals surface area contributed by atoms with E-state index < -0.39 is 0 Å². The minimum absolute atomic E-state index is 0.472. The third-order valence-corrected chi connectivity index (χ3v) is 4.08. The fraction of sp³-hybridized carbons (Fsp3) is 0.188. The third-order valence-electron chi connectivity index (χ3n) is 3.09. The van der Waals surface area contributed by atoms with Crippen LogP contribution in [-0.2, 0) is 6.54 Å². The number of halogens is 2. The lowest BCUT2D eigenvalue weighted by molar-refractivity contribution is 0.395. The van der Waals surface area contributed by atoms with Crippen LogP contribution >= 0.6 is 35.4 Å². The molecule has 0 saturated carbocycles. The van der Waals surface area contributed by atoms with Crippen LogP contribution in [0.3, 0.4) is 0 Å². The summed E-state index contributed by atoms with van der Waals surface area (Å²) in [5.41, 5.74) is 1.73. The zero-order valence-corrected chi connectivity index (χ0v) is 15.0. The third kappa shape index (κ3) is 4.89. The standard InChI is InChI=1S/C16H16Cl2N2O2S/c1-21-11-4-6-14(15(8-11)22-2)20-16(23)19-9-10-3-5-12(17)13(18)7-10/h3-8H,9H2,1-2H3,(H2,19,20,23). The van der Waals surface area contributed by atoms with Crippen molar-refractivity contribution in [3.05, 3.63) is 52.0 Å². The van der Waals surface area contributed by atoms with E-state index in [-0.39, 0.29) is 0 Å². The van der Waals surface area contributed by atoms with E-state index in [0.717, 1.165) is 11.3 Å². The Balaban J connectivity index is 1.98. The molecule has 0 spiro atoms. The Morgan fingerprint density at radius 1 is 1.04 bits per heavy atom. The van der Waals surface area contributed by atoms with Gasteiger partial charge < -0.3 is 20.1 Å². The molecule has 0 bridgehead atoms. The van der Waals surface area contributed by atoms with E-state index in [1.54, 1.807) is 32.4 Å². The highest BCUT2D eigenvalue weighted by Crippen LogP contribution is 2.29. The molecule has 0 radical (unpaired) electrons. The number of hydrogen-bond acceptors (Lipinski definition) is 3. The quantitative estimate of drug-likeness (QED) is 0.758. The minimum atomic E-state index is 0.472. The Morgan fingerprint density at radius 2 is 1.83 bits per heavy atom. The molecule has 0 aliphatic rings. The van der Waals surface area contributed by atoms with Crippen molar-refractivity contribution in [1.82, 2.24) is 5.32 Å². The monoisotopic (exact) mass is 370 g/mol. The Kier molecular flexibility index (Phi) is 6.33. The van der Waals surface area contributed by atoms with Gasteiger partial charge in [-0.1, -0.05) is 29.3 Å². The molecule has 2 aromatic rings. The number of rotatable bonds is 5. The van der Waals surface area contributed by atoms with Crippen LogP contribution in [0.1, 0.15) is 5.56 Å². The molecule has 0 aromatic heterocycles. The Labute approximate surface area is 150 Å². The second-order valence-corrected chi connectivity index (χ2v) is 5.85. The van der Waals surface area contributed by atoms with Crippen LogP contribution in [0.4, 0.5) is 5.69 Å². The molecular formula is C16H16Cl2N2O2S. The zero-order chi connectivity index (χ0) is 16.8. The van der Waals surface area contributed by atoms with Gasteiger partial charge in [0, 0.05) is 12.6 Å². The van der Waals surface area contributed by atoms with Gasteiger partial charge in [0.2, 0.25) is 0 Å². The van der Waals surface area contributed by atoms with Gasteiger partial charge in [-0.3, -0.25) is 0 Å². The molecule has 0 saturated heterocycles. The summed E-state index contributed by atoms with van der Waals surface area (Å²) >= 11 is 17.2. The molecule has 0 unspecified atom stereocenters. The number of anilines is 1. The van der Waals surface area contributed by atoms with Crippen molar-refractivity contribution < 1.29 is 9.47 Å². The molecule has 2 N–H and O–H groups in total. The lowest BCUT2D eigenvalue weighted by Crippen LogP contribution is -2.28. The summed E-state index contributed by atoms with van der Waals surface area (Å²) in [6, 6.07) is 10.9. The van der Waals surface area contributed by atoms with Crippen molar-refractivity contribution in [2.24, 2.45) is 0 Å². The molecular weight excluding hydrogens is 355 g/mol. The smallest absolute Gasteiger partial charge is 0.171 e. The lowest BCUT2D eigenvalue weighted by atomic mass is 10.2. The molecule has 122 valence electrons. The minimum Gasteiger partial charge on any atom is -0.497 e. The molecule has 4 nitrogen and oxygen atoms in total. The predicted molar refractivity (Wildman–Crippen MR) is 99.1 cm³/mol. The fourth-order valence-corrected chi connectivity index (χ4v) is 2.40.